The van der Waals surface area contributed by atoms with Gasteiger partial charge in [0, 0.05) is 17.9 Å². The fraction of sp³-hybridized carbons (Fsp3) is 0.231. The molecule has 1 heterocycles. The molecule has 0 saturated carbocycles. The largest absolute Gasteiger partial charge is 0.375 e. The maximum absolute atomic E-state index is 11.9. The van der Waals surface area contributed by atoms with E-state index in [0.29, 0.717) is 23.0 Å². The van der Waals surface area contributed by atoms with Crippen LogP contribution in [0.3, 0.4) is 0 Å². The number of aromatic nitrogens is 1. The molecule has 1 aromatic heterocycles. The van der Waals surface area contributed by atoms with Gasteiger partial charge in [-0.3, -0.25) is 4.79 Å². The maximum Gasteiger partial charge on any atom is 0.251 e. The van der Waals surface area contributed by atoms with Crippen molar-refractivity contribution >= 4 is 44.4 Å². The summed E-state index contributed by atoms with van der Waals surface area (Å²) in [6.45, 7) is 0.605. The zero-order valence-corrected chi connectivity index (χ0v) is 11.8. The lowest BCUT2D eigenvalue weighted by molar-refractivity contribution is 0.0956. The summed E-state index contributed by atoms with van der Waals surface area (Å²) in [5.41, 5.74) is 7.08. The highest BCUT2D eigenvalue weighted by atomic mass is 32.2. The number of benzene rings is 1. The summed E-state index contributed by atoms with van der Waals surface area (Å²) >= 11 is 3.00. The molecule has 0 radical (unpaired) electrons. The molecule has 0 aliphatic carbocycles. The van der Waals surface area contributed by atoms with E-state index in [0.717, 1.165) is 16.0 Å². The second-order valence-electron chi connectivity index (χ2n) is 3.75. The summed E-state index contributed by atoms with van der Waals surface area (Å²) in [6, 6.07) is 5.38. The number of nitrogens with one attached hydrogen (secondary N) is 1. The smallest absolute Gasteiger partial charge is 0.251 e. The van der Waals surface area contributed by atoms with Gasteiger partial charge in [0.15, 0.2) is 5.13 Å². The van der Waals surface area contributed by atoms with E-state index in [1.807, 2.05) is 12.1 Å². The number of terminal acetylenes is 1. The lowest BCUT2D eigenvalue weighted by atomic mass is 10.2. The standard InChI is InChI=1S/C13H13N3OS2/c1-2-6-18-7-5-15-12(17)9-3-4-10-11(8-9)19-13(14)16-10/h1,3-4,8H,5-7H2,(H2,14,16)(H,15,17). The molecule has 0 spiro atoms. The lowest BCUT2D eigenvalue weighted by Gasteiger charge is -2.04. The van der Waals surface area contributed by atoms with Crippen molar-refractivity contribution in [2.45, 2.75) is 0 Å². The molecule has 0 bridgehead atoms. The Labute approximate surface area is 119 Å². The van der Waals surface area contributed by atoms with Crippen LogP contribution in [0.1, 0.15) is 10.4 Å². The second kappa shape index (κ2) is 6.45. The Balaban J connectivity index is 1.95. The summed E-state index contributed by atoms with van der Waals surface area (Å²) in [5, 5.41) is 3.37. The van der Waals surface area contributed by atoms with E-state index in [-0.39, 0.29) is 5.91 Å². The summed E-state index contributed by atoms with van der Waals surface area (Å²) < 4.78 is 0.923. The molecule has 0 fully saturated rings. The number of thiazole rings is 1. The summed E-state index contributed by atoms with van der Waals surface area (Å²) in [4.78, 5) is 16.1. The number of carbonyl (C=O) groups is 1. The molecule has 4 nitrogen and oxygen atoms in total. The number of anilines is 1. The Morgan fingerprint density at radius 2 is 2.42 bits per heavy atom. The minimum atomic E-state index is -0.0878. The van der Waals surface area contributed by atoms with Gasteiger partial charge in [-0.25, -0.2) is 4.98 Å². The van der Waals surface area contributed by atoms with Crippen molar-refractivity contribution in [3.63, 3.8) is 0 Å². The molecule has 2 rings (SSSR count). The van der Waals surface area contributed by atoms with Crippen molar-refractivity contribution in [1.82, 2.24) is 10.3 Å². The number of hydrogen-bond acceptors (Lipinski definition) is 5. The van der Waals surface area contributed by atoms with E-state index < -0.39 is 0 Å². The maximum atomic E-state index is 11.9. The van der Waals surface area contributed by atoms with Crippen LogP contribution in [-0.4, -0.2) is 28.9 Å². The van der Waals surface area contributed by atoms with Gasteiger partial charge in [-0.1, -0.05) is 17.3 Å². The Bertz CT molecular complexity index is 630. The van der Waals surface area contributed by atoms with Crippen LogP contribution in [0.25, 0.3) is 10.2 Å². The third-order valence-corrected chi connectivity index (χ3v) is 4.10. The van der Waals surface area contributed by atoms with Crippen molar-refractivity contribution in [2.75, 3.05) is 23.8 Å². The normalized spacial score (nSPS) is 10.3. The molecular weight excluding hydrogens is 278 g/mol. The number of carbonyl (C=O) groups excluding carboxylic acids is 1. The van der Waals surface area contributed by atoms with E-state index in [1.165, 1.54) is 11.3 Å². The van der Waals surface area contributed by atoms with Gasteiger partial charge in [0.2, 0.25) is 0 Å². The quantitative estimate of drug-likeness (QED) is 0.653. The van der Waals surface area contributed by atoms with Crippen LogP contribution in [0.5, 0.6) is 0 Å². The fourth-order valence-electron chi connectivity index (χ4n) is 1.55. The van der Waals surface area contributed by atoms with E-state index in [2.05, 4.69) is 16.2 Å². The minimum Gasteiger partial charge on any atom is -0.375 e. The highest BCUT2D eigenvalue weighted by molar-refractivity contribution is 7.99. The van der Waals surface area contributed by atoms with Gasteiger partial charge < -0.3 is 11.1 Å². The molecule has 0 atom stereocenters. The molecule has 0 aliphatic heterocycles. The van der Waals surface area contributed by atoms with E-state index >= 15 is 0 Å². The first-order chi connectivity index (χ1) is 9.20. The van der Waals surface area contributed by atoms with Crippen molar-refractivity contribution in [1.29, 1.82) is 0 Å². The van der Waals surface area contributed by atoms with Gasteiger partial charge in [-0.2, -0.15) is 0 Å². The van der Waals surface area contributed by atoms with Crippen LogP contribution < -0.4 is 11.1 Å². The second-order valence-corrected chi connectivity index (χ2v) is 5.91. The number of rotatable bonds is 5. The van der Waals surface area contributed by atoms with Gasteiger partial charge in [0.1, 0.15) is 0 Å². The zero-order chi connectivity index (χ0) is 13.7. The van der Waals surface area contributed by atoms with E-state index in [4.69, 9.17) is 12.2 Å². The Morgan fingerprint density at radius 3 is 3.21 bits per heavy atom. The molecule has 1 aromatic carbocycles. The van der Waals surface area contributed by atoms with Gasteiger partial charge in [0.05, 0.1) is 16.0 Å². The average Bonchev–Trinajstić information content (AvgIpc) is 2.77. The number of amides is 1. The average molecular weight is 291 g/mol. The molecular formula is C13H13N3OS2. The first-order valence-electron chi connectivity index (χ1n) is 5.66. The Hall–Kier alpha value is -1.71. The minimum absolute atomic E-state index is 0.0878. The third-order valence-electron chi connectivity index (χ3n) is 2.38. The fourth-order valence-corrected chi connectivity index (χ4v) is 2.84. The number of nitrogen functional groups attached to an aromatic ring is 1. The van der Waals surface area contributed by atoms with Gasteiger partial charge in [-0.15, -0.1) is 18.2 Å². The van der Waals surface area contributed by atoms with Crippen LogP contribution in [0.4, 0.5) is 5.13 Å². The molecule has 98 valence electrons. The monoisotopic (exact) mass is 291 g/mol. The predicted molar refractivity (Wildman–Crippen MR) is 82.5 cm³/mol. The topological polar surface area (TPSA) is 68.0 Å². The first kappa shape index (κ1) is 13.7. The SMILES string of the molecule is C#CCSCCNC(=O)c1ccc2nc(N)sc2c1. The number of hydrogen-bond donors (Lipinski definition) is 2. The molecule has 19 heavy (non-hydrogen) atoms. The van der Waals surface area contributed by atoms with Gasteiger partial charge in [-0.05, 0) is 18.2 Å². The molecule has 0 unspecified atom stereocenters. The first-order valence-corrected chi connectivity index (χ1v) is 7.63. The summed E-state index contributed by atoms with van der Waals surface area (Å²) in [5.74, 6) is 3.93. The van der Waals surface area contributed by atoms with Gasteiger partial charge in [0.25, 0.3) is 5.91 Å². The summed E-state index contributed by atoms with van der Waals surface area (Å²) in [7, 11) is 0. The zero-order valence-electron chi connectivity index (χ0n) is 10.2. The van der Waals surface area contributed by atoms with Crippen molar-refractivity contribution in [2.24, 2.45) is 0 Å². The molecule has 0 saturated heterocycles. The molecule has 3 N–H and O–H groups in total. The lowest BCUT2D eigenvalue weighted by Crippen LogP contribution is -2.25. The molecule has 6 heteroatoms. The predicted octanol–water partition coefficient (Wildman–Crippen LogP) is 1.97. The van der Waals surface area contributed by atoms with Crippen LogP contribution in [0, 0.1) is 12.3 Å². The van der Waals surface area contributed by atoms with Crippen molar-refractivity contribution < 1.29 is 4.79 Å². The third kappa shape index (κ3) is 3.63. The number of nitrogens with two attached hydrogens (primary N) is 1. The van der Waals surface area contributed by atoms with Crippen LogP contribution in [-0.2, 0) is 0 Å². The van der Waals surface area contributed by atoms with E-state index in [1.54, 1.807) is 17.8 Å². The highest BCUT2D eigenvalue weighted by Crippen LogP contribution is 2.24. The molecule has 1 amide bonds. The Kier molecular flexibility index (Phi) is 4.66. The van der Waals surface area contributed by atoms with Crippen LogP contribution in [0.15, 0.2) is 18.2 Å². The van der Waals surface area contributed by atoms with E-state index in [9.17, 15) is 4.79 Å². The number of fused-ring (bicyclic) bond motifs is 1. The van der Waals surface area contributed by atoms with Crippen LogP contribution in [0.2, 0.25) is 0 Å². The summed E-state index contributed by atoms with van der Waals surface area (Å²) in [6.07, 6.45) is 5.14. The number of thioether (sulfide) groups is 1. The van der Waals surface area contributed by atoms with Gasteiger partial charge >= 0.3 is 0 Å². The van der Waals surface area contributed by atoms with Crippen molar-refractivity contribution in [3.8, 4) is 12.3 Å². The molecule has 0 aliphatic rings. The van der Waals surface area contributed by atoms with Crippen molar-refractivity contribution in [3.05, 3.63) is 23.8 Å². The number of nitrogens with zero attached hydrogens (tertiary/aromatic N) is 1. The Morgan fingerprint density at radius 1 is 1.58 bits per heavy atom. The van der Waals surface area contributed by atoms with Crippen LogP contribution >= 0.6 is 23.1 Å². The molecule has 2 aromatic rings. The highest BCUT2D eigenvalue weighted by Gasteiger charge is 2.08.